The van der Waals surface area contributed by atoms with Crippen LogP contribution in [0.15, 0.2) is 22.1 Å². The average molecular weight is 252 g/mol. The van der Waals surface area contributed by atoms with Gasteiger partial charge in [0.25, 0.3) is 0 Å². The molecular formula is C12H16N2O2S. The number of ether oxygens (including phenoxy) is 1. The molecular weight excluding hydrogens is 236 g/mol. The van der Waals surface area contributed by atoms with Crippen LogP contribution in [0.3, 0.4) is 0 Å². The first kappa shape index (κ1) is 12.1. The molecule has 0 saturated carbocycles. The molecule has 2 rings (SSSR count). The van der Waals surface area contributed by atoms with Crippen LogP contribution in [0, 0.1) is 0 Å². The zero-order valence-corrected chi connectivity index (χ0v) is 11.0. The Labute approximate surface area is 105 Å². The SMILES string of the molecule is CCNC(C)c1ncc(-c2sccc2OC)o1. The molecule has 5 heteroatoms. The van der Waals surface area contributed by atoms with Crippen LogP contribution in [0.4, 0.5) is 0 Å². The molecule has 0 fully saturated rings. The molecule has 0 aliphatic rings. The summed E-state index contributed by atoms with van der Waals surface area (Å²) in [7, 11) is 1.66. The van der Waals surface area contributed by atoms with Crippen molar-refractivity contribution >= 4 is 11.3 Å². The third-order valence-electron chi connectivity index (χ3n) is 2.48. The van der Waals surface area contributed by atoms with Gasteiger partial charge in [0.15, 0.2) is 5.76 Å². The standard InChI is InChI=1S/C12H16N2O2S/c1-4-13-8(2)12-14-7-10(16-12)11-9(15-3)5-6-17-11/h5-8,13H,4H2,1-3H3. The molecule has 2 aromatic heterocycles. The lowest BCUT2D eigenvalue weighted by atomic mass is 10.3. The van der Waals surface area contributed by atoms with Gasteiger partial charge in [-0.1, -0.05) is 6.92 Å². The molecule has 0 saturated heterocycles. The molecule has 4 nitrogen and oxygen atoms in total. The second-order valence-corrected chi connectivity index (χ2v) is 4.58. The highest BCUT2D eigenvalue weighted by Gasteiger charge is 2.15. The minimum atomic E-state index is 0.125. The Balaban J connectivity index is 2.23. The van der Waals surface area contributed by atoms with Gasteiger partial charge in [-0.15, -0.1) is 11.3 Å². The second-order valence-electron chi connectivity index (χ2n) is 3.66. The number of thiophene rings is 1. The van der Waals surface area contributed by atoms with E-state index < -0.39 is 0 Å². The van der Waals surface area contributed by atoms with Gasteiger partial charge in [0, 0.05) is 0 Å². The number of hydrogen-bond acceptors (Lipinski definition) is 5. The predicted octanol–water partition coefficient (Wildman–Crippen LogP) is 3.08. The Morgan fingerprint density at radius 1 is 1.59 bits per heavy atom. The Bertz CT molecular complexity index is 478. The number of nitrogens with zero attached hydrogens (tertiary/aromatic N) is 1. The van der Waals surface area contributed by atoms with E-state index in [0.29, 0.717) is 5.89 Å². The Hall–Kier alpha value is -1.33. The highest BCUT2D eigenvalue weighted by atomic mass is 32.1. The summed E-state index contributed by atoms with van der Waals surface area (Å²) in [5.74, 6) is 2.29. The van der Waals surface area contributed by atoms with Crippen molar-refractivity contribution in [2.45, 2.75) is 19.9 Å². The molecule has 0 aliphatic carbocycles. The third-order valence-corrected chi connectivity index (χ3v) is 3.39. The first-order valence-corrected chi connectivity index (χ1v) is 6.45. The summed E-state index contributed by atoms with van der Waals surface area (Å²) < 4.78 is 11.0. The molecule has 0 bridgehead atoms. The van der Waals surface area contributed by atoms with Gasteiger partial charge in [-0.05, 0) is 24.9 Å². The monoisotopic (exact) mass is 252 g/mol. The van der Waals surface area contributed by atoms with E-state index in [2.05, 4.69) is 17.2 Å². The number of methoxy groups -OCH3 is 1. The second kappa shape index (κ2) is 5.33. The number of nitrogens with one attached hydrogen (secondary N) is 1. The van der Waals surface area contributed by atoms with Crippen LogP contribution in [0.1, 0.15) is 25.8 Å². The average Bonchev–Trinajstić information content (AvgIpc) is 2.97. The smallest absolute Gasteiger partial charge is 0.211 e. The van der Waals surface area contributed by atoms with Gasteiger partial charge < -0.3 is 14.5 Å². The molecule has 0 aliphatic heterocycles. The zero-order valence-electron chi connectivity index (χ0n) is 10.2. The highest BCUT2D eigenvalue weighted by Crippen LogP contribution is 2.36. The van der Waals surface area contributed by atoms with Crippen LogP contribution < -0.4 is 10.1 Å². The van der Waals surface area contributed by atoms with Crippen molar-refractivity contribution in [2.75, 3.05) is 13.7 Å². The van der Waals surface area contributed by atoms with Crippen LogP contribution in [-0.4, -0.2) is 18.6 Å². The van der Waals surface area contributed by atoms with Crippen molar-refractivity contribution in [2.24, 2.45) is 0 Å². The molecule has 0 spiro atoms. The molecule has 1 N–H and O–H groups in total. The minimum Gasteiger partial charge on any atom is -0.495 e. The lowest BCUT2D eigenvalue weighted by Gasteiger charge is -2.06. The van der Waals surface area contributed by atoms with Gasteiger partial charge in [-0.2, -0.15) is 0 Å². The number of aromatic nitrogens is 1. The van der Waals surface area contributed by atoms with E-state index in [9.17, 15) is 0 Å². The van der Waals surface area contributed by atoms with Crippen molar-refractivity contribution in [1.82, 2.24) is 10.3 Å². The quantitative estimate of drug-likeness (QED) is 0.888. The van der Waals surface area contributed by atoms with E-state index in [1.54, 1.807) is 24.6 Å². The number of rotatable bonds is 5. The van der Waals surface area contributed by atoms with Crippen LogP contribution in [0.5, 0.6) is 5.75 Å². The Morgan fingerprint density at radius 2 is 2.41 bits per heavy atom. The Morgan fingerprint density at radius 3 is 3.12 bits per heavy atom. The van der Waals surface area contributed by atoms with Crippen molar-refractivity contribution in [1.29, 1.82) is 0 Å². The van der Waals surface area contributed by atoms with Crippen LogP contribution >= 0.6 is 11.3 Å². The Kier molecular flexibility index (Phi) is 3.81. The fraction of sp³-hybridized carbons (Fsp3) is 0.417. The maximum Gasteiger partial charge on any atom is 0.211 e. The predicted molar refractivity (Wildman–Crippen MR) is 68.5 cm³/mol. The summed E-state index contributed by atoms with van der Waals surface area (Å²) in [6, 6.07) is 2.05. The normalized spacial score (nSPS) is 12.6. The summed E-state index contributed by atoms with van der Waals surface area (Å²) in [6.07, 6.45) is 1.75. The molecule has 0 amide bonds. The lowest BCUT2D eigenvalue weighted by Crippen LogP contribution is -2.17. The van der Waals surface area contributed by atoms with E-state index in [1.165, 1.54) is 0 Å². The van der Waals surface area contributed by atoms with Crippen molar-refractivity contribution < 1.29 is 9.15 Å². The third kappa shape index (κ3) is 2.50. The van der Waals surface area contributed by atoms with Crippen molar-refractivity contribution in [3.63, 3.8) is 0 Å². The molecule has 2 aromatic rings. The molecule has 92 valence electrons. The van der Waals surface area contributed by atoms with Gasteiger partial charge in [0.1, 0.15) is 10.6 Å². The summed E-state index contributed by atoms with van der Waals surface area (Å²) >= 11 is 1.59. The van der Waals surface area contributed by atoms with E-state index in [-0.39, 0.29) is 6.04 Å². The summed E-state index contributed by atoms with van der Waals surface area (Å²) in [6.45, 7) is 4.98. The van der Waals surface area contributed by atoms with Crippen LogP contribution in [0.25, 0.3) is 10.6 Å². The minimum absolute atomic E-state index is 0.125. The van der Waals surface area contributed by atoms with E-state index >= 15 is 0 Å². The first-order valence-electron chi connectivity index (χ1n) is 5.57. The van der Waals surface area contributed by atoms with E-state index in [4.69, 9.17) is 9.15 Å². The maximum atomic E-state index is 5.74. The summed E-state index contributed by atoms with van der Waals surface area (Å²) in [5, 5.41) is 5.24. The number of oxazole rings is 1. The van der Waals surface area contributed by atoms with E-state index in [0.717, 1.165) is 22.9 Å². The first-order chi connectivity index (χ1) is 8.26. The fourth-order valence-electron chi connectivity index (χ4n) is 1.62. The largest absolute Gasteiger partial charge is 0.495 e. The highest BCUT2D eigenvalue weighted by molar-refractivity contribution is 7.13. The molecule has 17 heavy (non-hydrogen) atoms. The van der Waals surface area contributed by atoms with Crippen molar-refractivity contribution in [3.8, 4) is 16.4 Å². The molecule has 1 unspecified atom stereocenters. The topological polar surface area (TPSA) is 47.3 Å². The van der Waals surface area contributed by atoms with Crippen molar-refractivity contribution in [3.05, 3.63) is 23.5 Å². The fourth-order valence-corrected chi connectivity index (χ4v) is 2.43. The zero-order chi connectivity index (χ0) is 12.3. The maximum absolute atomic E-state index is 5.74. The molecule has 1 atom stereocenters. The molecule has 0 aromatic carbocycles. The summed E-state index contributed by atoms with van der Waals surface area (Å²) in [4.78, 5) is 5.27. The number of hydrogen-bond donors (Lipinski definition) is 1. The van der Waals surface area contributed by atoms with Gasteiger partial charge in [0.2, 0.25) is 5.89 Å². The van der Waals surface area contributed by atoms with Crippen LogP contribution in [0.2, 0.25) is 0 Å². The lowest BCUT2D eigenvalue weighted by molar-refractivity contribution is 0.410. The molecule has 0 radical (unpaired) electrons. The van der Waals surface area contributed by atoms with Gasteiger partial charge in [0.05, 0.1) is 19.3 Å². The van der Waals surface area contributed by atoms with Gasteiger partial charge >= 0.3 is 0 Å². The summed E-state index contributed by atoms with van der Waals surface area (Å²) in [5.41, 5.74) is 0. The van der Waals surface area contributed by atoms with Gasteiger partial charge in [-0.25, -0.2) is 4.98 Å². The van der Waals surface area contributed by atoms with Gasteiger partial charge in [-0.3, -0.25) is 0 Å². The molecule has 2 heterocycles. The van der Waals surface area contributed by atoms with E-state index in [1.807, 2.05) is 18.4 Å². The van der Waals surface area contributed by atoms with Crippen LogP contribution in [-0.2, 0) is 0 Å².